The first-order chi connectivity index (χ1) is 6.29. The van der Waals surface area contributed by atoms with E-state index in [1.54, 1.807) is 0 Å². The highest BCUT2D eigenvalue weighted by Crippen LogP contribution is 2.38. The van der Waals surface area contributed by atoms with E-state index in [0.717, 1.165) is 25.7 Å². The first kappa shape index (κ1) is 10.5. The van der Waals surface area contributed by atoms with Gasteiger partial charge < -0.3 is 4.74 Å². The fourth-order valence-corrected chi connectivity index (χ4v) is 2.38. The van der Waals surface area contributed by atoms with Gasteiger partial charge in [0.05, 0.1) is 6.07 Å². The zero-order chi connectivity index (χ0) is 9.73. The Bertz CT molecular complexity index is 193. The standard InChI is InChI=1S/C11H19NO/c1-3-10-7-5-6-8-11(10,9-12)13-4-2/h10H,3-8H2,1-2H3. The van der Waals surface area contributed by atoms with Crippen LogP contribution in [0.15, 0.2) is 0 Å². The lowest BCUT2D eigenvalue weighted by Crippen LogP contribution is -2.41. The number of ether oxygens (including phenoxy) is 1. The summed E-state index contributed by atoms with van der Waals surface area (Å²) in [5, 5.41) is 9.20. The molecule has 2 unspecified atom stereocenters. The second-order valence-corrected chi connectivity index (χ2v) is 3.79. The molecule has 1 fully saturated rings. The van der Waals surface area contributed by atoms with E-state index in [-0.39, 0.29) is 0 Å². The highest BCUT2D eigenvalue weighted by molar-refractivity contribution is 5.07. The van der Waals surface area contributed by atoms with Gasteiger partial charge in [-0.2, -0.15) is 5.26 Å². The lowest BCUT2D eigenvalue weighted by molar-refractivity contribution is -0.0627. The molecule has 1 saturated carbocycles. The fourth-order valence-electron chi connectivity index (χ4n) is 2.38. The highest BCUT2D eigenvalue weighted by Gasteiger charge is 2.40. The molecule has 0 spiro atoms. The first-order valence-electron chi connectivity index (χ1n) is 5.34. The third kappa shape index (κ3) is 2.03. The van der Waals surface area contributed by atoms with Crippen molar-refractivity contribution in [1.29, 1.82) is 5.26 Å². The zero-order valence-corrected chi connectivity index (χ0v) is 8.68. The van der Waals surface area contributed by atoms with Crippen molar-refractivity contribution >= 4 is 0 Å². The van der Waals surface area contributed by atoms with Crippen LogP contribution in [0, 0.1) is 17.2 Å². The molecule has 0 aromatic heterocycles. The molecule has 1 aliphatic carbocycles. The maximum absolute atomic E-state index is 9.20. The Morgan fingerprint density at radius 3 is 2.77 bits per heavy atom. The lowest BCUT2D eigenvalue weighted by Gasteiger charge is -2.37. The molecule has 0 aromatic rings. The van der Waals surface area contributed by atoms with Crippen molar-refractivity contribution in [1.82, 2.24) is 0 Å². The molecule has 0 aliphatic heterocycles. The van der Waals surface area contributed by atoms with Gasteiger partial charge in [0.15, 0.2) is 5.60 Å². The third-order valence-electron chi connectivity index (χ3n) is 3.09. The molecular formula is C11H19NO. The predicted octanol–water partition coefficient (Wildman–Crippen LogP) is 2.89. The van der Waals surface area contributed by atoms with Gasteiger partial charge in [0, 0.05) is 12.5 Å². The minimum atomic E-state index is -0.457. The third-order valence-corrected chi connectivity index (χ3v) is 3.09. The lowest BCUT2D eigenvalue weighted by atomic mass is 9.75. The van der Waals surface area contributed by atoms with Crippen LogP contribution in [0.5, 0.6) is 0 Å². The molecule has 0 heterocycles. The van der Waals surface area contributed by atoms with E-state index in [2.05, 4.69) is 13.0 Å². The normalized spacial score (nSPS) is 34.1. The van der Waals surface area contributed by atoms with Gasteiger partial charge >= 0.3 is 0 Å². The molecule has 0 saturated heterocycles. The fraction of sp³-hybridized carbons (Fsp3) is 0.909. The van der Waals surface area contributed by atoms with E-state index in [9.17, 15) is 5.26 Å². The van der Waals surface area contributed by atoms with Gasteiger partial charge in [0.25, 0.3) is 0 Å². The van der Waals surface area contributed by atoms with Gasteiger partial charge in [-0.1, -0.05) is 13.3 Å². The second-order valence-electron chi connectivity index (χ2n) is 3.79. The maximum Gasteiger partial charge on any atom is 0.156 e. The SMILES string of the molecule is CCOC1(C#N)CCCCC1CC. The Labute approximate surface area is 80.9 Å². The van der Waals surface area contributed by atoms with Crippen LogP contribution in [0.1, 0.15) is 46.0 Å². The molecule has 0 amide bonds. The number of nitrogens with zero attached hydrogens (tertiary/aromatic N) is 1. The van der Waals surface area contributed by atoms with Crippen molar-refractivity contribution in [3.8, 4) is 6.07 Å². The largest absolute Gasteiger partial charge is 0.360 e. The molecule has 0 aromatic carbocycles. The monoisotopic (exact) mass is 181 g/mol. The van der Waals surface area contributed by atoms with Crippen LogP contribution in [0.25, 0.3) is 0 Å². The predicted molar refractivity (Wildman–Crippen MR) is 52.2 cm³/mol. The average molecular weight is 181 g/mol. The zero-order valence-electron chi connectivity index (χ0n) is 8.68. The summed E-state index contributed by atoms with van der Waals surface area (Å²) in [7, 11) is 0. The smallest absolute Gasteiger partial charge is 0.156 e. The summed E-state index contributed by atoms with van der Waals surface area (Å²) in [5.74, 6) is 0.450. The summed E-state index contributed by atoms with van der Waals surface area (Å²) in [4.78, 5) is 0. The Balaban J connectivity index is 2.73. The van der Waals surface area contributed by atoms with Crippen molar-refractivity contribution in [2.45, 2.75) is 51.6 Å². The van der Waals surface area contributed by atoms with Crippen molar-refractivity contribution in [3.63, 3.8) is 0 Å². The Morgan fingerprint density at radius 1 is 1.46 bits per heavy atom. The van der Waals surface area contributed by atoms with Crippen LogP contribution in [0.2, 0.25) is 0 Å². The van der Waals surface area contributed by atoms with E-state index >= 15 is 0 Å². The van der Waals surface area contributed by atoms with E-state index < -0.39 is 5.60 Å². The molecule has 1 rings (SSSR count). The maximum atomic E-state index is 9.20. The van der Waals surface area contributed by atoms with Gasteiger partial charge in [-0.3, -0.25) is 0 Å². The number of hydrogen-bond donors (Lipinski definition) is 0. The van der Waals surface area contributed by atoms with Crippen molar-refractivity contribution in [3.05, 3.63) is 0 Å². The Hall–Kier alpha value is -0.550. The number of nitriles is 1. The van der Waals surface area contributed by atoms with Gasteiger partial charge in [-0.05, 0) is 32.6 Å². The summed E-state index contributed by atoms with van der Waals surface area (Å²) in [6.07, 6.45) is 5.55. The van der Waals surface area contributed by atoms with Crippen LogP contribution in [0.4, 0.5) is 0 Å². The Kier molecular flexibility index (Phi) is 3.74. The van der Waals surface area contributed by atoms with Crippen molar-refractivity contribution in [2.75, 3.05) is 6.61 Å². The van der Waals surface area contributed by atoms with Crippen LogP contribution < -0.4 is 0 Å². The van der Waals surface area contributed by atoms with Crippen molar-refractivity contribution in [2.24, 2.45) is 5.92 Å². The van der Waals surface area contributed by atoms with Crippen molar-refractivity contribution < 1.29 is 4.74 Å². The number of rotatable bonds is 3. The van der Waals surface area contributed by atoms with Gasteiger partial charge in [-0.15, -0.1) is 0 Å². The topological polar surface area (TPSA) is 33.0 Å². The van der Waals surface area contributed by atoms with E-state index in [1.165, 1.54) is 6.42 Å². The average Bonchev–Trinajstić information content (AvgIpc) is 2.19. The van der Waals surface area contributed by atoms with Crippen LogP contribution in [0.3, 0.4) is 0 Å². The second kappa shape index (κ2) is 4.62. The summed E-state index contributed by atoms with van der Waals surface area (Å²) in [5.41, 5.74) is -0.457. The minimum Gasteiger partial charge on any atom is -0.360 e. The van der Waals surface area contributed by atoms with E-state index in [0.29, 0.717) is 12.5 Å². The highest BCUT2D eigenvalue weighted by atomic mass is 16.5. The molecule has 2 atom stereocenters. The van der Waals surface area contributed by atoms with E-state index in [4.69, 9.17) is 4.74 Å². The summed E-state index contributed by atoms with van der Waals surface area (Å²) >= 11 is 0. The van der Waals surface area contributed by atoms with Crippen LogP contribution in [-0.2, 0) is 4.74 Å². The molecular weight excluding hydrogens is 162 g/mol. The number of hydrogen-bond acceptors (Lipinski definition) is 2. The molecule has 1 aliphatic rings. The minimum absolute atomic E-state index is 0.450. The Morgan fingerprint density at radius 2 is 2.23 bits per heavy atom. The molecule has 2 heteroatoms. The molecule has 74 valence electrons. The molecule has 13 heavy (non-hydrogen) atoms. The quantitative estimate of drug-likeness (QED) is 0.670. The van der Waals surface area contributed by atoms with Crippen LogP contribution in [-0.4, -0.2) is 12.2 Å². The summed E-state index contributed by atoms with van der Waals surface area (Å²) in [6, 6.07) is 2.40. The van der Waals surface area contributed by atoms with Crippen LogP contribution >= 0.6 is 0 Å². The molecule has 0 bridgehead atoms. The molecule has 0 N–H and O–H groups in total. The summed E-state index contributed by atoms with van der Waals surface area (Å²) < 4.78 is 5.66. The first-order valence-corrected chi connectivity index (χ1v) is 5.34. The van der Waals surface area contributed by atoms with Gasteiger partial charge in [-0.25, -0.2) is 0 Å². The summed E-state index contributed by atoms with van der Waals surface area (Å²) in [6.45, 7) is 4.78. The van der Waals surface area contributed by atoms with E-state index in [1.807, 2.05) is 6.92 Å². The van der Waals surface area contributed by atoms with Gasteiger partial charge in [0.1, 0.15) is 0 Å². The van der Waals surface area contributed by atoms with Gasteiger partial charge in [0.2, 0.25) is 0 Å². The molecule has 0 radical (unpaired) electrons. The molecule has 2 nitrogen and oxygen atoms in total.